The van der Waals surface area contributed by atoms with Gasteiger partial charge in [0.2, 0.25) is 0 Å². The molecule has 3 aromatic rings. The van der Waals surface area contributed by atoms with Gasteiger partial charge in [-0.2, -0.15) is 13.2 Å². The minimum absolute atomic E-state index is 0.0549. The SMILES string of the molecule is O=C(Nc1ccc(OCC(F)(F)F)cc1)c1ccc(CNC(=O)c2cccs2)cc1. The number of hydrogen-bond acceptors (Lipinski definition) is 4. The Balaban J connectivity index is 1.51. The molecular formula is C21H17F3N2O3S. The molecule has 1 heterocycles. The van der Waals surface area contributed by atoms with Crippen LogP contribution in [-0.2, 0) is 6.54 Å². The van der Waals surface area contributed by atoms with Crippen LogP contribution in [0.5, 0.6) is 5.75 Å². The number of ether oxygens (including phenoxy) is 1. The van der Waals surface area contributed by atoms with Crippen molar-refractivity contribution in [3.63, 3.8) is 0 Å². The van der Waals surface area contributed by atoms with Gasteiger partial charge in [-0.15, -0.1) is 11.3 Å². The topological polar surface area (TPSA) is 67.4 Å². The minimum Gasteiger partial charge on any atom is -0.484 e. The third kappa shape index (κ3) is 6.35. The summed E-state index contributed by atoms with van der Waals surface area (Å²) < 4.78 is 41.1. The summed E-state index contributed by atoms with van der Waals surface area (Å²) in [6, 6.07) is 15.9. The van der Waals surface area contributed by atoms with E-state index in [4.69, 9.17) is 0 Å². The average molecular weight is 434 g/mol. The third-order valence-electron chi connectivity index (χ3n) is 3.93. The normalized spacial score (nSPS) is 11.0. The van der Waals surface area contributed by atoms with E-state index in [0.717, 1.165) is 5.56 Å². The van der Waals surface area contributed by atoms with Crippen LogP contribution in [0.1, 0.15) is 25.6 Å². The molecule has 0 fully saturated rings. The molecule has 0 saturated heterocycles. The van der Waals surface area contributed by atoms with Gasteiger partial charge < -0.3 is 15.4 Å². The molecule has 1 aromatic heterocycles. The third-order valence-corrected chi connectivity index (χ3v) is 4.80. The Kier molecular flexibility index (Phi) is 6.73. The highest BCUT2D eigenvalue weighted by atomic mass is 32.1. The largest absolute Gasteiger partial charge is 0.484 e. The van der Waals surface area contributed by atoms with E-state index in [9.17, 15) is 22.8 Å². The quantitative estimate of drug-likeness (QED) is 0.558. The van der Waals surface area contributed by atoms with Gasteiger partial charge >= 0.3 is 6.18 Å². The van der Waals surface area contributed by atoms with Crippen molar-refractivity contribution in [2.24, 2.45) is 0 Å². The number of hydrogen-bond donors (Lipinski definition) is 2. The molecule has 0 spiro atoms. The molecule has 0 aliphatic heterocycles. The standard InChI is InChI=1S/C21H17F3N2O3S/c22-21(23,24)13-29-17-9-7-16(8-10-17)26-19(27)15-5-3-14(4-6-15)12-25-20(28)18-2-1-11-30-18/h1-11H,12-13H2,(H,25,28)(H,26,27). The van der Waals surface area contributed by atoms with E-state index in [1.807, 2.05) is 5.38 Å². The highest BCUT2D eigenvalue weighted by Gasteiger charge is 2.28. The minimum atomic E-state index is -4.41. The van der Waals surface area contributed by atoms with E-state index >= 15 is 0 Å². The molecule has 30 heavy (non-hydrogen) atoms. The number of nitrogens with one attached hydrogen (secondary N) is 2. The maximum atomic E-state index is 12.3. The zero-order valence-electron chi connectivity index (χ0n) is 15.5. The maximum absolute atomic E-state index is 12.3. The molecule has 9 heteroatoms. The van der Waals surface area contributed by atoms with Crippen LogP contribution < -0.4 is 15.4 Å². The van der Waals surface area contributed by atoms with Gasteiger partial charge in [0.15, 0.2) is 6.61 Å². The molecule has 0 aliphatic carbocycles. The van der Waals surface area contributed by atoms with Gasteiger partial charge in [0, 0.05) is 17.8 Å². The zero-order chi connectivity index (χ0) is 21.6. The maximum Gasteiger partial charge on any atom is 0.422 e. The molecule has 5 nitrogen and oxygen atoms in total. The van der Waals surface area contributed by atoms with Crippen molar-refractivity contribution in [1.82, 2.24) is 5.32 Å². The number of alkyl halides is 3. The number of benzene rings is 2. The molecule has 2 N–H and O–H groups in total. The summed E-state index contributed by atoms with van der Waals surface area (Å²) in [4.78, 5) is 24.9. The van der Waals surface area contributed by atoms with Crippen LogP contribution in [-0.4, -0.2) is 24.6 Å². The van der Waals surface area contributed by atoms with E-state index in [1.54, 1.807) is 36.4 Å². The summed E-state index contributed by atoms with van der Waals surface area (Å²) in [5, 5.41) is 7.29. The number of rotatable bonds is 7. The summed E-state index contributed by atoms with van der Waals surface area (Å²) >= 11 is 1.36. The van der Waals surface area contributed by atoms with Gasteiger partial charge in [-0.1, -0.05) is 18.2 Å². The molecule has 0 bridgehead atoms. The van der Waals surface area contributed by atoms with Gasteiger partial charge in [0.25, 0.3) is 11.8 Å². The lowest BCUT2D eigenvalue weighted by atomic mass is 10.1. The fraction of sp³-hybridized carbons (Fsp3) is 0.143. The monoisotopic (exact) mass is 434 g/mol. The van der Waals surface area contributed by atoms with E-state index < -0.39 is 12.8 Å². The van der Waals surface area contributed by atoms with Crippen LogP contribution in [0.3, 0.4) is 0 Å². The first-order valence-corrected chi connectivity index (χ1v) is 9.70. The second kappa shape index (κ2) is 9.45. The molecule has 0 atom stereocenters. The molecular weight excluding hydrogens is 417 g/mol. The predicted molar refractivity (Wildman–Crippen MR) is 108 cm³/mol. The van der Waals surface area contributed by atoms with Crippen molar-refractivity contribution in [2.75, 3.05) is 11.9 Å². The van der Waals surface area contributed by atoms with Gasteiger partial charge in [-0.3, -0.25) is 9.59 Å². The smallest absolute Gasteiger partial charge is 0.422 e. The molecule has 2 amide bonds. The molecule has 0 radical (unpaired) electrons. The first-order chi connectivity index (χ1) is 14.3. The second-order valence-electron chi connectivity index (χ2n) is 6.24. The van der Waals surface area contributed by atoms with Crippen LogP contribution in [0.15, 0.2) is 66.0 Å². The summed E-state index contributed by atoms with van der Waals surface area (Å²) in [7, 11) is 0. The summed E-state index contributed by atoms with van der Waals surface area (Å²) in [6.07, 6.45) is -4.41. The molecule has 0 aliphatic rings. The fourth-order valence-corrected chi connectivity index (χ4v) is 3.09. The van der Waals surface area contributed by atoms with Crippen molar-refractivity contribution in [3.8, 4) is 5.75 Å². The number of carbonyl (C=O) groups is 2. The Morgan fingerprint density at radius 2 is 1.63 bits per heavy atom. The Morgan fingerprint density at radius 1 is 0.933 bits per heavy atom. The van der Waals surface area contributed by atoms with Crippen LogP contribution in [0.4, 0.5) is 18.9 Å². The van der Waals surface area contributed by atoms with Crippen molar-refractivity contribution < 1.29 is 27.5 Å². The van der Waals surface area contributed by atoms with Crippen LogP contribution >= 0.6 is 11.3 Å². The molecule has 3 rings (SSSR count). The lowest BCUT2D eigenvalue weighted by Gasteiger charge is -2.10. The summed E-state index contributed by atoms with van der Waals surface area (Å²) in [5.41, 5.74) is 1.66. The lowest BCUT2D eigenvalue weighted by Crippen LogP contribution is -2.21. The fourth-order valence-electron chi connectivity index (χ4n) is 2.45. The first-order valence-electron chi connectivity index (χ1n) is 8.82. The van der Waals surface area contributed by atoms with Crippen molar-refractivity contribution >= 4 is 28.8 Å². The van der Waals surface area contributed by atoms with Gasteiger partial charge in [-0.05, 0) is 53.4 Å². The van der Waals surface area contributed by atoms with E-state index in [-0.39, 0.29) is 17.6 Å². The Labute approximate surface area is 174 Å². The molecule has 0 saturated carbocycles. The van der Waals surface area contributed by atoms with Crippen molar-refractivity contribution in [2.45, 2.75) is 12.7 Å². The second-order valence-corrected chi connectivity index (χ2v) is 7.19. The molecule has 156 valence electrons. The average Bonchev–Trinajstić information content (AvgIpc) is 3.26. The number of halogens is 3. The zero-order valence-corrected chi connectivity index (χ0v) is 16.3. The molecule has 2 aromatic carbocycles. The molecule has 0 unspecified atom stereocenters. The number of amides is 2. The predicted octanol–water partition coefficient (Wildman–Crippen LogP) is 4.87. The highest BCUT2D eigenvalue weighted by Crippen LogP contribution is 2.20. The number of carbonyl (C=O) groups excluding carboxylic acids is 2. The van der Waals surface area contributed by atoms with Crippen molar-refractivity contribution in [3.05, 3.63) is 82.0 Å². The summed E-state index contributed by atoms with van der Waals surface area (Å²) in [5.74, 6) is -0.470. The van der Waals surface area contributed by atoms with E-state index in [0.29, 0.717) is 22.7 Å². The van der Waals surface area contributed by atoms with Gasteiger partial charge in [0.1, 0.15) is 5.75 Å². The highest BCUT2D eigenvalue weighted by molar-refractivity contribution is 7.12. The van der Waals surface area contributed by atoms with Gasteiger partial charge in [0.05, 0.1) is 4.88 Å². The number of thiophene rings is 1. The lowest BCUT2D eigenvalue weighted by molar-refractivity contribution is -0.153. The Bertz CT molecular complexity index is 986. The van der Waals surface area contributed by atoms with Crippen LogP contribution in [0.25, 0.3) is 0 Å². The van der Waals surface area contributed by atoms with E-state index in [2.05, 4.69) is 15.4 Å². The van der Waals surface area contributed by atoms with E-state index in [1.165, 1.54) is 35.6 Å². The van der Waals surface area contributed by atoms with Crippen LogP contribution in [0.2, 0.25) is 0 Å². The van der Waals surface area contributed by atoms with Crippen molar-refractivity contribution in [1.29, 1.82) is 0 Å². The number of anilines is 1. The first kappa shape index (κ1) is 21.4. The van der Waals surface area contributed by atoms with Crippen LogP contribution in [0, 0.1) is 0 Å². The van der Waals surface area contributed by atoms with Gasteiger partial charge in [-0.25, -0.2) is 0 Å². The Hall–Kier alpha value is -3.33. The summed E-state index contributed by atoms with van der Waals surface area (Å²) in [6.45, 7) is -1.04. The Morgan fingerprint density at radius 3 is 2.23 bits per heavy atom.